The van der Waals surface area contributed by atoms with Gasteiger partial charge in [-0.2, -0.15) is 0 Å². The molecule has 8 heteroatoms. The number of para-hydroxylation sites is 1. The predicted molar refractivity (Wildman–Crippen MR) is 132 cm³/mol. The van der Waals surface area contributed by atoms with E-state index in [2.05, 4.69) is 21.7 Å². The molecule has 5 rings (SSSR count). The fraction of sp³-hybridized carbons (Fsp3) is 0.462. The summed E-state index contributed by atoms with van der Waals surface area (Å²) in [6, 6.07) is 14.1. The number of hydrogen-bond acceptors (Lipinski definition) is 5. The topological polar surface area (TPSA) is 49.2 Å². The first kappa shape index (κ1) is 23.5. The second kappa shape index (κ2) is 10.6. The lowest BCUT2D eigenvalue weighted by Gasteiger charge is -2.30. The minimum absolute atomic E-state index is 0.179. The highest BCUT2D eigenvalue weighted by Gasteiger charge is 2.43. The molecule has 0 saturated heterocycles. The molecule has 0 amide bonds. The lowest BCUT2D eigenvalue weighted by molar-refractivity contribution is 0.215. The van der Waals surface area contributed by atoms with Crippen molar-refractivity contribution in [1.29, 1.82) is 0 Å². The average Bonchev–Trinajstić information content (AvgIpc) is 3.57. The van der Waals surface area contributed by atoms with Crippen molar-refractivity contribution in [2.45, 2.75) is 50.4 Å². The van der Waals surface area contributed by atoms with Crippen LogP contribution in [0.15, 0.2) is 53.7 Å². The van der Waals surface area contributed by atoms with Crippen LogP contribution in [-0.2, 0) is 6.61 Å². The third-order valence-electron chi connectivity index (χ3n) is 7.13. The summed E-state index contributed by atoms with van der Waals surface area (Å²) in [7, 11) is 0. The van der Waals surface area contributed by atoms with E-state index in [9.17, 15) is 4.39 Å². The second-order valence-electron chi connectivity index (χ2n) is 9.22. The molecule has 34 heavy (non-hydrogen) atoms. The quantitative estimate of drug-likeness (QED) is 0.225. The van der Waals surface area contributed by atoms with Crippen molar-refractivity contribution in [3.05, 3.63) is 65.2 Å². The molecule has 2 aliphatic carbocycles. The van der Waals surface area contributed by atoms with E-state index in [-0.39, 0.29) is 24.2 Å². The van der Waals surface area contributed by atoms with Gasteiger partial charge in [-0.15, -0.1) is 10.2 Å². The highest BCUT2D eigenvalue weighted by atomic mass is 35.5. The third kappa shape index (κ3) is 5.20. The Hall–Kier alpha value is -2.25. The van der Waals surface area contributed by atoms with Gasteiger partial charge in [-0.1, -0.05) is 48.0 Å². The van der Waals surface area contributed by atoms with E-state index in [1.165, 1.54) is 31.7 Å². The van der Waals surface area contributed by atoms with Crippen molar-refractivity contribution in [3.63, 3.8) is 0 Å². The average molecular weight is 502 g/mol. The van der Waals surface area contributed by atoms with Crippen LogP contribution in [0.3, 0.4) is 0 Å². The molecule has 3 aromatic rings. The van der Waals surface area contributed by atoms with E-state index in [4.69, 9.17) is 21.1 Å². The second-order valence-corrected chi connectivity index (χ2v) is 10.7. The summed E-state index contributed by atoms with van der Waals surface area (Å²) in [6.45, 7) is 2.98. The van der Waals surface area contributed by atoms with Crippen LogP contribution in [0.5, 0.6) is 11.5 Å². The number of benzene rings is 2. The zero-order chi connectivity index (χ0) is 23.5. The predicted octanol–water partition coefficient (Wildman–Crippen LogP) is 6.82. The Bertz CT molecular complexity index is 1130. The standard InChI is InChI=1S/C26H29ClFN3O2S/c1-17(22-14-18-9-10-19(22)13-18)31-25(16-33-24-8-3-2-7-23(24)28)29-30-26(31)34-12-11-32-21-6-4-5-20(27)15-21/h2-8,15,17-19,22H,9-14,16H2,1H3/t17-,18+,19+,22+/m1/s1. The normalized spacial score (nSPS) is 22.1. The number of rotatable bonds is 10. The molecular weight excluding hydrogens is 473 g/mol. The van der Waals surface area contributed by atoms with Crippen LogP contribution >= 0.6 is 23.4 Å². The highest BCUT2D eigenvalue weighted by Crippen LogP contribution is 2.52. The van der Waals surface area contributed by atoms with Crippen LogP contribution < -0.4 is 9.47 Å². The van der Waals surface area contributed by atoms with Gasteiger partial charge in [0.2, 0.25) is 0 Å². The Morgan fingerprint density at radius 1 is 1.12 bits per heavy atom. The van der Waals surface area contributed by atoms with Gasteiger partial charge in [-0.3, -0.25) is 4.57 Å². The van der Waals surface area contributed by atoms with Gasteiger partial charge < -0.3 is 9.47 Å². The zero-order valence-corrected chi connectivity index (χ0v) is 20.8. The van der Waals surface area contributed by atoms with Gasteiger partial charge in [0.15, 0.2) is 22.5 Å². The number of fused-ring (bicyclic) bond motifs is 2. The third-order valence-corrected chi connectivity index (χ3v) is 8.27. The van der Waals surface area contributed by atoms with Gasteiger partial charge in [0.25, 0.3) is 0 Å². The van der Waals surface area contributed by atoms with E-state index in [0.29, 0.717) is 17.5 Å². The van der Waals surface area contributed by atoms with Crippen LogP contribution in [0, 0.1) is 23.6 Å². The first-order chi connectivity index (χ1) is 16.6. The Balaban J connectivity index is 1.29. The number of aromatic nitrogens is 3. The van der Waals surface area contributed by atoms with Crippen LogP contribution in [0.25, 0.3) is 0 Å². The molecule has 180 valence electrons. The molecule has 0 spiro atoms. The van der Waals surface area contributed by atoms with E-state index in [1.807, 2.05) is 24.3 Å². The van der Waals surface area contributed by atoms with Gasteiger partial charge in [0, 0.05) is 16.8 Å². The van der Waals surface area contributed by atoms with E-state index in [0.717, 1.165) is 34.3 Å². The fourth-order valence-electron chi connectivity index (χ4n) is 5.54. The van der Waals surface area contributed by atoms with Crippen LogP contribution in [0.1, 0.15) is 44.5 Å². The van der Waals surface area contributed by atoms with Gasteiger partial charge in [-0.05, 0) is 74.3 Å². The summed E-state index contributed by atoms with van der Waals surface area (Å²) >= 11 is 7.67. The molecule has 1 heterocycles. The van der Waals surface area contributed by atoms with Gasteiger partial charge >= 0.3 is 0 Å². The summed E-state index contributed by atoms with van der Waals surface area (Å²) in [5, 5.41) is 10.5. The van der Waals surface area contributed by atoms with Gasteiger partial charge in [0.05, 0.1) is 6.61 Å². The molecule has 2 aliphatic rings. The Labute approximate surface area is 209 Å². The SMILES string of the molecule is C[C@H]([C@@H]1C[C@H]2CC[C@H]1C2)n1c(COc2ccccc2F)nnc1SCCOc1cccc(Cl)c1. The maximum absolute atomic E-state index is 14.1. The maximum Gasteiger partial charge on any atom is 0.191 e. The summed E-state index contributed by atoms with van der Waals surface area (Å²) < 4.78 is 27.9. The monoisotopic (exact) mass is 501 g/mol. The molecule has 0 unspecified atom stereocenters. The number of halogens is 2. The van der Waals surface area contributed by atoms with E-state index < -0.39 is 0 Å². The summed E-state index contributed by atoms with van der Waals surface area (Å²) in [5.74, 6) is 4.31. The van der Waals surface area contributed by atoms with E-state index >= 15 is 0 Å². The molecule has 4 atom stereocenters. The lowest BCUT2D eigenvalue weighted by Crippen LogP contribution is -2.24. The first-order valence-electron chi connectivity index (χ1n) is 11.9. The zero-order valence-electron chi connectivity index (χ0n) is 19.2. The molecule has 2 fully saturated rings. The maximum atomic E-state index is 14.1. The Morgan fingerprint density at radius 2 is 2.00 bits per heavy atom. The van der Waals surface area contributed by atoms with Gasteiger partial charge in [0.1, 0.15) is 12.4 Å². The van der Waals surface area contributed by atoms with Crippen molar-refractivity contribution in [3.8, 4) is 11.5 Å². The summed E-state index contributed by atoms with van der Waals surface area (Å²) in [5.41, 5.74) is 0. The minimum Gasteiger partial charge on any atom is -0.493 e. The van der Waals surface area contributed by atoms with Crippen LogP contribution in [-0.4, -0.2) is 27.1 Å². The molecule has 0 N–H and O–H groups in total. The van der Waals surface area contributed by atoms with Crippen molar-refractivity contribution in [2.24, 2.45) is 17.8 Å². The van der Waals surface area contributed by atoms with Crippen molar-refractivity contribution in [1.82, 2.24) is 14.8 Å². The molecule has 1 aromatic heterocycles. The summed E-state index contributed by atoms with van der Waals surface area (Å²) in [4.78, 5) is 0. The largest absolute Gasteiger partial charge is 0.493 e. The number of ether oxygens (including phenoxy) is 2. The fourth-order valence-corrected chi connectivity index (χ4v) is 6.58. The minimum atomic E-state index is -0.373. The first-order valence-corrected chi connectivity index (χ1v) is 13.3. The molecule has 5 nitrogen and oxygen atoms in total. The van der Waals surface area contributed by atoms with E-state index in [1.54, 1.807) is 30.0 Å². The highest BCUT2D eigenvalue weighted by molar-refractivity contribution is 7.99. The van der Waals surface area contributed by atoms with Crippen LogP contribution in [0.2, 0.25) is 5.02 Å². The van der Waals surface area contributed by atoms with Crippen molar-refractivity contribution < 1.29 is 13.9 Å². The Morgan fingerprint density at radius 3 is 2.76 bits per heavy atom. The molecule has 2 saturated carbocycles. The summed E-state index contributed by atoms with van der Waals surface area (Å²) in [6.07, 6.45) is 5.29. The molecule has 2 bridgehead atoms. The number of nitrogens with zero attached hydrogens (tertiary/aromatic N) is 3. The number of hydrogen-bond donors (Lipinski definition) is 0. The molecule has 0 aliphatic heterocycles. The van der Waals surface area contributed by atoms with Crippen LogP contribution in [0.4, 0.5) is 4.39 Å². The van der Waals surface area contributed by atoms with Crippen molar-refractivity contribution >= 4 is 23.4 Å². The van der Waals surface area contributed by atoms with Gasteiger partial charge in [-0.25, -0.2) is 4.39 Å². The number of thioether (sulfide) groups is 1. The Kier molecular flexibility index (Phi) is 7.30. The molecule has 2 aromatic carbocycles. The smallest absolute Gasteiger partial charge is 0.191 e. The lowest BCUT2D eigenvalue weighted by atomic mass is 9.84. The molecule has 0 radical (unpaired) electrons. The van der Waals surface area contributed by atoms with Crippen molar-refractivity contribution in [2.75, 3.05) is 12.4 Å². The molecular formula is C26H29ClFN3O2S.